The average Bonchev–Trinajstić information content (AvgIpc) is 1.54. The molecule has 2 aliphatic heterocycles. The van der Waals surface area contributed by atoms with Crippen molar-refractivity contribution in [2.75, 3.05) is 0 Å². The summed E-state index contributed by atoms with van der Waals surface area (Å²) in [7, 11) is 0. The Balaban J connectivity index is 0.603. The first-order valence-corrected chi connectivity index (χ1v) is 45.6. The third-order valence-electron chi connectivity index (χ3n) is 28.5. The van der Waals surface area contributed by atoms with E-state index in [0.29, 0.717) is 35.2 Å². The van der Waals surface area contributed by atoms with Crippen LogP contribution >= 0.6 is 0 Å². The maximum Gasteiger partial charge on any atom is 0.238 e. The molecule has 134 heavy (non-hydrogen) atoms. The molecule has 8 aromatic heterocycles. The van der Waals surface area contributed by atoms with Gasteiger partial charge in [0.05, 0.1) is 77.6 Å². The summed E-state index contributed by atoms with van der Waals surface area (Å²) in [6.45, 7) is 0. The van der Waals surface area contributed by atoms with Gasteiger partial charge in [0.25, 0.3) is 0 Å². The average molecular weight is 1700 g/mol. The summed E-state index contributed by atoms with van der Waals surface area (Å²) < 4.78 is 14.4. The van der Waals surface area contributed by atoms with Gasteiger partial charge in [-0.2, -0.15) is 19.9 Å². The van der Waals surface area contributed by atoms with Crippen molar-refractivity contribution in [1.82, 2.24) is 57.3 Å². The minimum Gasteiger partial charge on any atom is -0.309 e. The number of rotatable bonds is 9. The lowest BCUT2D eigenvalue weighted by Crippen LogP contribution is -2.06. The van der Waals surface area contributed by atoms with Gasteiger partial charge in [-0.25, -0.2) is 9.97 Å². The van der Waals surface area contributed by atoms with E-state index in [9.17, 15) is 0 Å². The zero-order chi connectivity index (χ0) is 87.2. The predicted molar refractivity (Wildman–Crippen MR) is 550 cm³/mol. The van der Waals surface area contributed by atoms with Crippen molar-refractivity contribution in [3.05, 3.63) is 425 Å². The van der Waals surface area contributed by atoms with Crippen LogP contribution in [0.1, 0.15) is 0 Å². The first-order chi connectivity index (χ1) is 66.4. The van der Waals surface area contributed by atoms with E-state index in [1.165, 1.54) is 38.7 Å². The Kier molecular flexibility index (Phi) is 15.0. The minimum absolute atomic E-state index is 0.517. The van der Waals surface area contributed by atoms with Crippen molar-refractivity contribution in [3.8, 4) is 136 Å². The van der Waals surface area contributed by atoms with Gasteiger partial charge in [0.1, 0.15) is 0 Å². The molecular formula is C122H70N12. The molecule has 10 heterocycles. The molecule has 0 bridgehead atoms. The van der Waals surface area contributed by atoms with Gasteiger partial charge in [-0.3, -0.25) is 9.13 Å². The first-order valence-electron chi connectivity index (χ1n) is 45.6. The van der Waals surface area contributed by atoms with Crippen LogP contribution in [0.2, 0.25) is 0 Å². The zero-order valence-electron chi connectivity index (χ0n) is 71.8. The maximum absolute atomic E-state index is 5.76. The van der Waals surface area contributed by atoms with Crippen molar-refractivity contribution in [2.24, 2.45) is 0 Å². The van der Waals surface area contributed by atoms with Crippen molar-refractivity contribution >= 4 is 152 Å². The second kappa shape index (κ2) is 27.6. The lowest BCUT2D eigenvalue weighted by molar-refractivity contribution is 0.954. The summed E-state index contributed by atoms with van der Waals surface area (Å²) >= 11 is 0. The molecule has 0 atom stereocenters. The van der Waals surface area contributed by atoms with Crippen molar-refractivity contribution < 1.29 is 0 Å². The first kappa shape index (κ1) is 72.7. The lowest BCUT2D eigenvalue weighted by Gasteiger charge is -2.14. The molecule has 0 unspecified atom stereocenters. The highest BCUT2D eigenvalue weighted by atomic mass is 15.2. The number of nitrogens with zero attached hydrogens (tertiary/aromatic N) is 12. The van der Waals surface area contributed by atoms with Crippen LogP contribution in [-0.4, -0.2) is 57.3 Å². The molecule has 0 spiro atoms. The van der Waals surface area contributed by atoms with Gasteiger partial charge in [-0.1, -0.05) is 291 Å². The maximum atomic E-state index is 5.76. The molecule has 12 heteroatoms. The molecule has 12 nitrogen and oxygen atoms in total. The van der Waals surface area contributed by atoms with E-state index in [-0.39, 0.29) is 0 Å². The van der Waals surface area contributed by atoms with Crippen LogP contribution in [0.4, 0.5) is 0 Å². The van der Waals surface area contributed by atoms with Gasteiger partial charge in [-0.15, -0.1) is 0 Å². The minimum atomic E-state index is 0.517. The molecule has 0 aliphatic carbocycles. The van der Waals surface area contributed by atoms with Crippen LogP contribution in [0.5, 0.6) is 0 Å². The van der Waals surface area contributed by atoms with Crippen molar-refractivity contribution in [3.63, 3.8) is 0 Å². The third-order valence-corrected chi connectivity index (χ3v) is 28.5. The quantitative estimate of drug-likeness (QED) is 0.142. The van der Waals surface area contributed by atoms with E-state index in [1.54, 1.807) is 0 Å². The molecule has 28 aromatic rings. The van der Waals surface area contributed by atoms with E-state index in [4.69, 9.17) is 29.9 Å². The van der Waals surface area contributed by atoms with E-state index in [0.717, 1.165) is 214 Å². The Hall–Kier alpha value is -18.3. The molecule has 20 aromatic carbocycles. The Bertz CT molecular complexity index is 10100. The molecule has 0 radical (unpaired) electrons. The molecular weight excluding hydrogens is 1630 g/mol. The van der Waals surface area contributed by atoms with E-state index >= 15 is 0 Å². The van der Waals surface area contributed by atoms with Gasteiger partial charge in [0.15, 0.2) is 23.3 Å². The summed E-state index contributed by atoms with van der Waals surface area (Å²) in [5, 5.41) is 17.8. The second-order valence-corrected chi connectivity index (χ2v) is 35.6. The fraction of sp³-hybridized carbons (Fsp3) is 0. The Morgan fingerprint density at radius 3 is 1.11 bits per heavy atom. The standard InChI is InChI=1S/C122H70N12/c1-2-32-80(33-3-1)129-107-53-23-17-44-93(107)114-94(47-26-54-109(114)129)120-124-118(77-58-56-72-28-5-7-30-74(72)62-77)126-122(128-120)134-106-52-22-16-43-90(106)97-68-111-99(70-113(97)134)101-66-79(65-100-85-38-11-9-36-83(85)87-40-13-20-50-104(87)132(111)116(100)101)75-31-24-34-81(63-75)130-102-48-18-14-41-88(102)95-64-78(59-60-108(95)130)119-123-117(76-57-55-71-27-4-6-29-73(71)61-76)125-121(127-119)133-105-51-21-15-42-89(105)96-67-110-98(69-112(96)133)92-46-25-45-91-84-37-10-8-35-82(84)86-39-12-19-49-103(86)131(110)115(91)92/h1-70H. The molecule has 2 aliphatic rings. The highest BCUT2D eigenvalue weighted by Gasteiger charge is 2.32. The molecule has 0 fully saturated rings. The highest BCUT2D eigenvalue weighted by molar-refractivity contribution is 6.25. The summed E-state index contributed by atoms with van der Waals surface area (Å²) in [5.74, 6) is 3.33. The zero-order valence-corrected chi connectivity index (χ0v) is 71.8. The summed E-state index contributed by atoms with van der Waals surface area (Å²) in [6, 6.07) is 155. The largest absolute Gasteiger partial charge is 0.309 e. The van der Waals surface area contributed by atoms with Crippen molar-refractivity contribution in [1.29, 1.82) is 0 Å². The summed E-state index contributed by atoms with van der Waals surface area (Å²) in [6.07, 6.45) is 0. The van der Waals surface area contributed by atoms with E-state index in [1.807, 2.05) is 0 Å². The Morgan fingerprint density at radius 2 is 0.515 bits per heavy atom. The van der Waals surface area contributed by atoms with Gasteiger partial charge < -0.3 is 18.3 Å². The number of hydrogen-bond acceptors (Lipinski definition) is 6. The fourth-order valence-electron chi connectivity index (χ4n) is 22.7. The van der Waals surface area contributed by atoms with Crippen LogP contribution in [0.25, 0.3) is 288 Å². The monoisotopic (exact) mass is 1700 g/mol. The highest BCUT2D eigenvalue weighted by Crippen LogP contribution is 2.53. The van der Waals surface area contributed by atoms with Gasteiger partial charge >= 0.3 is 0 Å². The molecule has 30 rings (SSSR count). The molecule has 618 valence electrons. The number of benzene rings is 20. The topological polar surface area (TPSA) is 107 Å². The SMILES string of the molecule is c1ccc(-n2c3ccccc3c3c(-c4nc(-c5ccc6ccccc6c5)nc(-n5c6ccccc6c6cc7c(cc65)c5cc(-c6cccc(-n8c9ccccc9c9cc(-c%10nc(-c%11ccc%12ccccc%12c%11)nc(-n%11c%12ccccc%12c%12cc%13c(cc%12%11)c%11cccc%12c%11n%13-c%11ccccc%11-c%11ccccc%11-%12)n%10)ccc98)c6)cc6c5n7-c5ccccc5-c5ccccc5-6)n4)cccc32)cc1. The second-order valence-electron chi connectivity index (χ2n) is 35.6. The molecule has 0 N–H and O–H groups in total. The number of hydrogen-bond donors (Lipinski definition) is 0. The molecule has 0 saturated heterocycles. The van der Waals surface area contributed by atoms with Gasteiger partial charge in [0, 0.05) is 121 Å². The lowest BCUT2D eigenvalue weighted by atomic mass is 9.91. The molecule has 0 amide bonds. The number of aromatic nitrogens is 12. The van der Waals surface area contributed by atoms with E-state index in [2.05, 4.69) is 452 Å². The van der Waals surface area contributed by atoms with Crippen molar-refractivity contribution in [2.45, 2.75) is 0 Å². The normalized spacial score (nSPS) is 12.3. The third kappa shape index (κ3) is 10.4. The van der Waals surface area contributed by atoms with Crippen LogP contribution in [0.15, 0.2) is 425 Å². The predicted octanol–water partition coefficient (Wildman–Crippen LogP) is 30.6. The smallest absolute Gasteiger partial charge is 0.238 e. The van der Waals surface area contributed by atoms with E-state index < -0.39 is 0 Å². The molecule has 0 saturated carbocycles. The van der Waals surface area contributed by atoms with Crippen LogP contribution in [0.3, 0.4) is 0 Å². The fourth-order valence-corrected chi connectivity index (χ4v) is 22.7. The number of fused-ring (bicyclic) bond motifs is 30. The van der Waals surface area contributed by atoms with Gasteiger partial charge in [0.2, 0.25) is 11.9 Å². The Morgan fingerprint density at radius 1 is 0.149 bits per heavy atom. The van der Waals surface area contributed by atoms with Crippen LogP contribution in [-0.2, 0) is 0 Å². The summed E-state index contributed by atoms with van der Waals surface area (Å²) in [4.78, 5) is 33.9. The summed E-state index contributed by atoms with van der Waals surface area (Å²) in [5.41, 5.74) is 32.4. The Labute approximate surface area is 765 Å². The number of para-hydroxylation sites is 8. The van der Waals surface area contributed by atoms with Crippen LogP contribution in [0, 0.1) is 0 Å². The van der Waals surface area contributed by atoms with Gasteiger partial charge in [-0.05, 0) is 188 Å². The van der Waals surface area contributed by atoms with Crippen LogP contribution < -0.4 is 0 Å².